The quantitative estimate of drug-likeness (QED) is 0.836. The highest BCUT2D eigenvalue weighted by molar-refractivity contribution is 7.89. The third-order valence-electron chi connectivity index (χ3n) is 4.21. The zero-order valence-electron chi connectivity index (χ0n) is 11.9. The van der Waals surface area contributed by atoms with Gasteiger partial charge in [-0.3, -0.25) is 0 Å². The predicted octanol–water partition coefficient (Wildman–Crippen LogP) is 0.615. The first-order valence-electron chi connectivity index (χ1n) is 7.34. The molecule has 1 unspecified atom stereocenters. The summed E-state index contributed by atoms with van der Waals surface area (Å²) in [5.74, 6) is -0.0178. The van der Waals surface area contributed by atoms with Crippen LogP contribution in [0.3, 0.4) is 0 Å². The second-order valence-corrected chi connectivity index (χ2v) is 7.94. The molecule has 1 heterocycles. The van der Waals surface area contributed by atoms with Crippen LogP contribution in [0.5, 0.6) is 0 Å². The van der Waals surface area contributed by atoms with E-state index in [0.29, 0.717) is 19.4 Å². The molecule has 1 aliphatic heterocycles. The van der Waals surface area contributed by atoms with E-state index >= 15 is 0 Å². The number of benzene rings is 1. The number of nitrogens with one attached hydrogen (secondary N) is 1. The first-order valence-corrected chi connectivity index (χ1v) is 8.99. The van der Waals surface area contributed by atoms with Gasteiger partial charge in [0.1, 0.15) is 0 Å². The Morgan fingerprint density at radius 3 is 2.52 bits per heavy atom. The van der Waals surface area contributed by atoms with Gasteiger partial charge in [-0.05, 0) is 24.0 Å². The Hall–Kier alpha value is -0.950. The molecule has 0 spiro atoms. The fraction of sp³-hybridized carbons (Fsp3) is 0.600. The number of ether oxygens (including phenoxy) is 1. The number of aliphatic hydroxyl groups is 1. The standard InChI is InChI=1S/C15H21NO4S/c17-15(8-12-4-1-2-5-13(12)9-15)11-16-21(18,19)10-14-6-3-7-20-14/h1-2,4-5,14,16-17H,3,6-11H2. The van der Waals surface area contributed by atoms with Gasteiger partial charge in [-0.15, -0.1) is 0 Å². The average Bonchev–Trinajstić information content (AvgIpc) is 3.03. The first-order chi connectivity index (χ1) is 9.96. The largest absolute Gasteiger partial charge is 0.388 e. The van der Waals surface area contributed by atoms with Gasteiger partial charge >= 0.3 is 0 Å². The summed E-state index contributed by atoms with van der Waals surface area (Å²) >= 11 is 0. The fourth-order valence-corrected chi connectivity index (χ4v) is 4.48. The summed E-state index contributed by atoms with van der Waals surface area (Å²) in [5, 5.41) is 10.6. The van der Waals surface area contributed by atoms with Crippen LogP contribution < -0.4 is 4.72 Å². The maximum atomic E-state index is 12.1. The van der Waals surface area contributed by atoms with E-state index in [1.54, 1.807) is 0 Å². The van der Waals surface area contributed by atoms with E-state index in [9.17, 15) is 13.5 Å². The van der Waals surface area contributed by atoms with Crippen molar-refractivity contribution in [3.05, 3.63) is 35.4 Å². The molecule has 1 aliphatic carbocycles. The Labute approximate surface area is 125 Å². The Balaban J connectivity index is 1.57. The van der Waals surface area contributed by atoms with Crippen LogP contribution in [0.2, 0.25) is 0 Å². The molecule has 5 nitrogen and oxygen atoms in total. The molecular formula is C15H21NO4S. The second kappa shape index (κ2) is 5.68. The summed E-state index contributed by atoms with van der Waals surface area (Å²) in [6, 6.07) is 7.83. The highest BCUT2D eigenvalue weighted by atomic mass is 32.2. The van der Waals surface area contributed by atoms with Crippen LogP contribution in [0.25, 0.3) is 0 Å². The Bertz CT molecular complexity index is 583. The van der Waals surface area contributed by atoms with Gasteiger partial charge in [0.2, 0.25) is 10.0 Å². The second-order valence-electron chi connectivity index (χ2n) is 6.08. The van der Waals surface area contributed by atoms with E-state index < -0.39 is 15.6 Å². The van der Waals surface area contributed by atoms with Crippen molar-refractivity contribution in [2.24, 2.45) is 0 Å². The summed E-state index contributed by atoms with van der Waals surface area (Å²) in [7, 11) is -3.41. The van der Waals surface area contributed by atoms with Crippen LogP contribution >= 0.6 is 0 Å². The Kier molecular flexibility index (Phi) is 4.05. The van der Waals surface area contributed by atoms with Gasteiger partial charge in [-0.1, -0.05) is 24.3 Å². The van der Waals surface area contributed by atoms with E-state index in [2.05, 4.69) is 4.72 Å². The molecule has 1 fully saturated rings. The number of rotatable bonds is 5. The van der Waals surface area contributed by atoms with Gasteiger partial charge in [-0.25, -0.2) is 13.1 Å². The Morgan fingerprint density at radius 1 is 1.29 bits per heavy atom. The van der Waals surface area contributed by atoms with E-state index in [4.69, 9.17) is 4.74 Å². The maximum absolute atomic E-state index is 12.1. The van der Waals surface area contributed by atoms with Crippen LogP contribution in [0.4, 0.5) is 0 Å². The number of fused-ring (bicyclic) bond motifs is 1. The minimum Gasteiger partial charge on any atom is -0.388 e. The van der Waals surface area contributed by atoms with Gasteiger partial charge in [0.15, 0.2) is 0 Å². The number of hydrogen-bond acceptors (Lipinski definition) is 4. The van der Waals surface area contributed by atoms with Crippen LogP contribution in [-0.2, 0) is 27.6 Å². The molecule has 21 heavy (non-hydrogen) atoms. The van der Waals surface area contributed by atoms with E-state index in [1.165, 1.54) is 0 Å². The van der Waals surface area contributed by atoms with Gasteiger partial charge < -0.3 is 9.84 Å². The molecule has 1 saturated heterocycles. The van der Waals surface area contributed by atoms with Crippen LogP contribution in [-0.4, -0.2) is 44.1 Å². The van der Waals surface area contributed by atoms with Gasteiger partial charge in [0, 0.05) is 26.0 Å². The lowest BCUT2D eigenvalue weighted by atomic mass is 10.0. The minimum absolute atomic E-state index is 0.0178. The van der Waals surface area contributed by atoms with Crippen molar-refractivity contribution in [1.29, 1.82) is 0 Å². The molecule has 0 aromatic heterocycles. The van der Waals surface area contributed by atoms with Crippen LogP contribution in [0.15, 0.2) is 24.3 Å². The van der Waals surface area contributed by atoms with Crippen molar-refractivity contribution in [3.8, 4) is 0 Å². The fourth-order valence-electron chi connectivity index (χ4n) is 3.12. The molecular weight excluding hydrogens is 290 g/mol. The number of sulfonamides is 1. The molecule has 0 radical (unpaired) electrons. The molecule has 6 heteroatoms. The third-order valence-corrected chi connectivity index (χ3v) is 5.60. The van der Waals surface area contributed by atoms with Gasteiger partial charge in [0.05, 0.1) is 17.5 Å². The summed E-state index contributed by atoms with van der Waals surface area (Å²) < 4.78 is 32.0. The topological polar surface area (TPSA) is 75.6 Å². The van der Waals surface area contributed by atoms with Crippen molar-refractivity contribution < 1.29 is 18.3 Å². The van der Waals surface area contributed by atoms with Crippen molar-refractivity contribution >= 4 is 10.0 Å². The molecule has 2 N–H and O–H groups in total. The van der Waals surface area contributed by atoms with Crippen molar-refractivity contribution in [2.45, 2.75) is 37.4 Å². The molecule has 0 saturated carbocycles. The lowest BCUT2D eigenvalue weighted by Gasteiger charge is -2.23. The predicted molar refractivity (Wildman–Crippen MR) is 79.6 cm³/mol. The summed E-state index contributed by atoms with van der Waals surface area (Å²) in [5.41, 5.74) is 1.17. The zero-order chi connectivity index (χ0) is 14.9. The Morgan fingerprint density at radius 2 is 1.95 bits per heavy atom. The molecule has 2 aliphatic rings. The van der Waals surface area contributed by atoms with E-state index in [-0.39, 0.29) is 18.4 Å². The molecule has 1 aromatic rings. The van der Waals surface area contributed by atoms with Crippen molar-refractivity contribution in [3.63, 3.8) is 0 Å². The highest BCUT2D eigenvalue weighted by Crippen LogP contribution is 2.29. The molecule has 0 bridgehead atoms. The van der Waals surface area contributed by atoms with Crippen LogP contribution in [0.1, 0.15) is 24.0 Å². The molecule has 1 aromatic carbocycles. The lowest BCUT2D eigenvalue weighted by Crippen LogP contribution is -2.45. The van der Waals surface area contributed by atoms with Crippen molar-refractivity contribution in [1.82, 2.24) is 4.72 Å². The average molecular weight is 311 g/mol. The molecule has 3 rings (SSSR count). The van der Waals surface area contributed by atoms with E-state index in [0.717, 1.165) is 24.0 Å². The lowest BCUT2D eigenvalue weighted by molar-refractivity contribution is 0.0565. The molecule has 116 valence electrons. The summed E-state index contributed by atoms with van der Waals surface area (Å²) in [6.07, 6.45) is 2.48. The smallest absolute Gasteiger partial charge is 0.214 e. The SMILES string of the molecule is O=S(=O)(CC1CCCO1)NCC1(O)Cc2ccccc2C1. The zero-order valence-corrected chi connectivity index (χ0v) is 12.7. The van der Waals surface area contributed by atoms with E-state index in [1.807, 2.05) is 24.3 Å². The monoisotopic (exact) mass is 311 g/mol. The van der Waals surface area contributed by atoms with Gasteiger partial charge in [-0.2, -0.15) is 0 Å². The highest BCUT2D eigenvalue weighted by Gasteiger charge is 2.36. The normalized spacial score (nSPS) is 24.1. The van der Waals surface area contributed by atoms with Crippen LogP contribution in [0, 0.1) is 0 Å². The maximum Gasteiger partial charge on any atom is 0.214 e. The van der Waals surface area contributed by atoms with Crippen molar-refractivity contribution in [2.75, 3.05) is 18.9 Å². The first kappa shape index (κ1) is 15.0. The third kappa shape index (κ3) is 3.63. The molecule has 1 atom stereocenters. The summed E-state index contributed by atoms with van der Waals surface area (Å²) in [4.78, 5) is 0. The molecule has 0 amide bonds. The van der Waals surface area contributed by atoms with Gasteiger partial charge in [0.25, 0.3) is 0 Å². The minimum atomic E-state index is -3.41. The number of hydrogen-bond donors (Lipinski definition) is 2. The summed E-state index contributed by atoms with van der Waals surface area (Å²) in [6.45, 7) is 0.691.